The number of piperidine rings is 1. The van der Waals surface area contributed by atoms with Crippen molar-refractivity contribution in [3.05, 3.63) is 59.9 Å². The Kier molecular flexibility index (Phi) is 5.79. The monoisotopic (exact) mass is 446 g/mol. The van der Waals surface area contributed by atoms with Gasteiger partial charge in [0, 0.05) is 31.0 Å². The van der Waals surface area contributed by atoms with Crippen LogP contribution in [0.15, 0.2) is 53.4 Å². The number of para-hydroxylation sites is 1. The molecule has 1 fully saturated rings. The number of carbonyl (C=O) groups excluding carboxylic acids is 1. The largest absolute Gasteiger partial charge is 0.487 e. The van der Waals surface area contributed by atoms with E-state index in [1.165, 1.54) is 16.4 Å². The molecule has 4 rings (SSSR count). The van der Waals surface area contributed by atoms with Crippen molar-refractivity contribution >= 4 is 15.9 Å². The van der Waals surface area contributed by atoms with Crippen LogP contribution in [0, 0.1) is 11.7 Å². The summed E-state index contributed by atoms with van der Waals surface area (Å²) in [5.74, 6) is -0.00873. The second-order valence-electron chi connectivity index (χ2n) is 8.80. The summed E-state index contributed by atoms with van der Waals surface area (Å²) < 4.78 is 46.1. The lowest BCUT2D eigenvalue weighted by molar-refractivity contribution is -0.127. The number of amides is 1. The topological polar surface area (TPSA) is 75.7 Å². The second kappa shape index (κ2) is 8.24. The predicted octanol–water partition coefficient (Wildman–Crippen LogP) is 3.65. The van der Waals surface area contributed by atoms with Crippen molar-refractivity contribution in [1.29, 1.82) is 0 Å². The molecular weight excluding hydrogens is 419 g/mol. The van der Waals surface area contributed by atoms with Crippen molar-refractivity contribution in [3.8, 4) is 5.75 Å². The van der Waals surface area contributed by atoms with E-state index in [1.54, 1.807) is 0 Å². The molecule has 2 aromatic rings. The highest BCUT2D eigenvalue weighted by Crippen LogP contribution is 2.39. The van der Waals surface area contributed by atoms with E-state index in [-0.39, 0.29) is 41.5 Å². The summed E-state index contributed by atoms with van der Waals surface area (Å²) in [6.07, 6.45) is 1.55. The van der Waals surface area contributed by atoms with Crippen molar-refractivity contribution in [3.63, 3.8) is 0 Å². The first-order chi connectivity index (χ1) is 14.7. The molecule has 2 aliphatic heterocycles. The van der Waals surface area contributed by atoms with E-state index in [0.717, 1.165) is 23.4 Å². The number of hydrogen-bond donors (Lipinski definition) is 1. The van der Waals surface area contributed by atoms with Gasteiger partial charge in [-0.15, -0.1) is 0 Å². The number of sulfonamides is 1. The normalized spacial score (nSPS) is 21.7. The zero-order valence-corrected chi connectivity index (χ0v) is 18.5. The molecule has 0 aromatic heterocycles. The number of halogens is 1. The molecular formula is C23H27FN2O4S. The van der Waals surface area contributed by atoms with Gasteiger partial charge in [-0.25, -0.2) is 12.8 Å². The highest BCUT2D eigenvalue weighted by Gasteiger charge is 2.37. The Hall–Kier alpha value is -2.45. The molecule has 0 bridgehead atoms. The SMILES string of the molecule is CC1(C)C[C@H](NC(=O)C2CCN(S(=O)(=O)c3ccc(F)cc3)CC2)c2ccccc2O1. The second-order valence-corrected chi connectivity index (χ2v) is 10.7. The summed E-state index contributed by atoms with van der Waals surface area (Å²) in [7, 11) is -3.69. The fourth-order valence-corrected chi connectivity index (χ4v) is 5.80. The Morgan fingerprint density at radius 3 is 2.42 bits per heavy atom. The summed E-state index contributed by atoms with van der Waals surface area (Å²) >= 11 is 0. The fourth-order valence-electron chi connectivity index (χ4n) is 4.33. The van der Waals surface area contributed by atoms with Gasteiger partial charge in [-0.05, 0) is 57.0 Å². The molecule has 0 saturated carbocycles. The van der Waals surface area contributed by atoms with Gasteiger partial charge in [0.15, 0.2) is 0 Å². The van der Waals surface area contributed by atoms with Gasteiger partial charge in [-0.2, -0.15) is 4.31 Å². The Balaban J connectivity index is 1.40. The van der Waals surface area contributed by atoms with Gasteiger partial charge in [0.25, 0.3) is 0 Å². The van der Waals surface area contributed by atoms with Crippen molar-refractivity contribution in [1.82, 2.24) is 9.62 Å². The number of nitrogens with zero attached hydrogens (tertiary/aromatic N) is 1. The van der Waals surface area contributed by atoms with E-state index in [9.17, 15) is 17.6 Å². The molecule has 2 aromatic carbocycles. The molecule has 1 saturated heterocycles. The molecule has 166 valence electrons. The van der Waals surface area contributed by atoms with Crippen LogP contribution in [0.2, 0.25) is 0 Å². The molecule has 1 atom stereocenters. The Morgan fingerprint density at radius 1 is 1.10 bits per heavy atom. The number of ether oxygens (including phenoxy) is 1. The summed E-state index contributed by atoms with van der Waals surface area (Å²) in [6, 6.07) is 12.4. The predicted molar refractivity (Wildman–Crippen MR) is 115 cm³/mol. The first-order valence-corrected chi connectivity index (χ1v) is 11.9. The number of benzene rings is 2. The third kappa shape index (κ3) is 4.60. The van der Waals surface area contributed by atoms with E-state index in [4.69, 9.17) is 4.74 Å². The van der Waals surface area contributed by atoms with Crippen molar-refractivity contribution in [2.45, 2.75) is 49.6 Å². The molecule has 8 heteroatoms. The maximum absolute atomic E-state index is 13.1. The van der Waals surface area contributed by atoms with E-state index in [1.807, 2.05) is 38.1 Å². The maximum atomic E-state index is 13.1. The summed E-state index contributed by atoms with van der Waals surface area (Å²) in [5.41, 5.74) is 0.574. The highest BCUT2D eigenvalue weighted by atomic mass is 32.2. The number of carbonyl (C=O) groups is 1. The Bertz CT molecular complexity index is 1060. The first kappa shape index (κ1) is 21.8. The molecule has 31 heavy (non-hydrogen) atoms. The molecule has 2 heterocycles. The van der Waals surface area contributed by atoms with Gasteiger partial charge in [-0.1, -0.05) is 18.2 Å². The number of nitrogens with one attached hydrogen (secondary N) is 1. The zero-order chi connectivity index (χ0) is 22.2. The molecule has 1 amide bonds. The van der Waals surface area contributed by atoms with Crippen molar-refractivity contribution in [2.75, 3.05) is 13.1 Å². The molecule has 0 radical (unpaired) electrons. The molecule has 0 unspecified atom stereocenters. The van der Waals surface area contributed by atoms with Crippen LogP contribution >= 0.6 is 0 Å². The molecule has 0 aliphatic carbocycles. The molecule has 1 N–H and O–H groups in total. The Labute approximate surface area is 182 Å². The van der Waals surface area contributed by atoms with Crippen LogP contribution in [0.4, 0.5) is 4.39 Å². The summed E-state index contributed by atoms with van der Waals surface area (Å²) in [5, 5.41) is 3.16. The van der Waals surface area contributed by atoms with Gasteiger partial charge in [-0.3, -0.25) is 4.79 Å². The number of hydrogen-bond acceptors (Lipinski definition) is 4. The molecule has 6 nitrogen and oxygen atoms in total. The quantitative estimate of drug-likeness (QED) is 0.778. The fraction of sp³-hybridized carbons (Fsp3) is 0.435. The van der Waals surface area contributed by atoms with Gasteiger partial charge in [0.05, 0.1) is 10.9 Å². The average molecular weight is 447 g/mol. The Morgan fingerprint density at radius 2 is 1.74 bits per heavy atom. The van der Waals surface area contributed by atoms with Crippen LogP contribution in [0.3, 0.4) is 0 Å². The van der Waals surface area contributed by atoms with Crippen LogP contribution in [-0.4, -0.2) is 37.3 Å². The summed E-state index contributed by atoms with van der Waals surface area (Å²) in [4.78, 5) is 13.1. The summed E-state index contributed by atoms with van der Waals surface area (Å²) in [6.45, 7) is 4.52. The average Bonchev–Trinajstić information content (AvgIpc) is 2.73. The van der Waals surface area contributed by atoms with Crippen molar-refractivity contribution < 1.29 is 22.3 Å². The zero-order valence-electron chi connectivity index (χ0n) is 17.7. The standard InChI is InChI=1S/C23H27FN2O4S/c1-23(2)15-20(19-5-3-4-6-21(19)30-23)25-22(27)16-11-13-26(14-12-16)31(28,29)18-9-7-17(24)8-10-18/h3-10,16,20H,11-15H2,1-2H3,(H,25,27)/t20-/m0/s1. The lowest BCUT2D eigenvalue weighted by Crippen LogP contribution is -2.46. The molecule has 0 spiro atoms. The first-order valence-electron chi connectivity index (χ1n) is 10.5. The van der Waals surface area contributed by atoms with E-state index < -0.39 is 15.8 Å². The minimum absolute atomic E-state index is 0.0590. The highest BCUT2D eigenvalue weighted by molar-refractivity contribution is 7.89. The van der Waals surface area contributed by atoms with Crippen LogP contribution in [0.5, 0.6) is 5.75 Å². The van der Waals surface area contributed by atoms with Gasteiger partial charge < -0.3 is 10.1 Å². The van der Waals surface area contributed by atoms with Crippen molar-refractivity contribution in [2.24, 2.45) is 5.92 Å². The van der Waals surface area contributed by atoms with Crippen LogP contribution < -0.4 is 10.1 Å². The number of rotatable bonds is 4. The van der Waals surface area contributed by atoms with E-state index in [0.29, 0.717) is 19.3 Å². The third-order valence-electron chi connectivity index (χ3n) is 5.97. The van der Waals surface area contributed by atoms with Gasteiger partial charge in [0.1, 0.15) is 17.2 Å². The van der Waals surface area contributed by atoms with Crippen LogP contribution in [0.1, 0.15) is 44.7 Å². The minimum Gasteiger partial charge on any atom is -0.487 e. The van der Waals surface area contributed by atoms with E-state index in [2.05, 4.69) is 5.32 Å². The van der Waals surface area contributed by atoms with Gasteiger partial charge in [0.2, 0.25) is 15.9 Å². The van der Waals surface area contributed by atoms with E-state index >= 15 is 0 Å². The van der Waals surface area contributed by atoms with Gasteiger partial charge >= 0.3 is 0 Å². The minimum atomic E-state index is -3.69. The smallest absolute Gasteiger partial charge is 0.243 e. The lowest BCUT2D eigenvalue weighted by Gasteiger charge is -2.39. The molecule has 2 aliphatic rings. The maximum Gasteiger partial charge on any atom is 0.243 e. The lowest BCUT2D eigenvalue weighted by atomic mass is 9.88. The number of fused-ring (bicyclic) bond motifs is 1. The van der Waals surface area contributed by atoms with Crippen LogP contribution in [-0.2, 0) is 14.8 Å². The third-order valence-corrected chi connectivity index (χ3v) is 7.88. The van der Waals surface area contributed by atoms with Crippen LogP contribution in [0.25, 0.3) is 0 Å².